The minimum atomic E-state index is -2.07. The summed E-state index contributed by atoms with van der Waals surface area (Å²) in [6.45, 7) is 10.3. The summed E-state index contributed by atoms with van der Waals surface area (Å²) in [5.74, 6) is -4.01. The SMILES string of the molecule is CC1C[NH+](C2CCN(Cc3ccncc3)CC2)CC(C)O1.O=C([O-])C(=O)O. The molecule has 0 radical (unpaired) electrons. The molecular weight excluding hydrogens is 350 g/mol. The molecule has 1 aromatic rings. The van der Waals surface area contributed by atoms with E-state index in [1.54, 1.807) is 4.90 Å². The lowest BCUT2D eigenvalue weighted by atomic mass is 10.0. The summed E-state index contributed by atoms with van der Waals surface area (Å²) in [6.07, 6.45) is 7.25. The number of aliphatic carboxylic acids is 2. The number of carboxylic acids is 2. The molecule has 1 aromatic heterocycles. The van der Waals surface area contributed by atoms with Crippen molar-refractivity contribution in [1.82, 2.24) is 9.88 Å². The molecule has 2 fully saturated rings. The van der Waals surface area contributed by atoms with Gasteiger partial charge >= 0.3 is 5.97 Å². The molecule has 8 nitrogen and oxygen atoms in total. The van der Waals surface area contributed by atoms with Crippen molar-refractivity contribution in [2.75, 3.05) is 26.2 Å². The van der Waals surface area contributed by atoms with E-state index >= 15 is 0 Å². The average molecular weight is 379 g/mol. The third kappa shape index (κ3) is 7.24. The second-order valence-electron chi connectivity index (χ2n) is 7.32. The van der Waals surface area contributed by atoms with E-state index in [0.717, 1.165) is 12.6 Å². The Bertz CT molecular complexity index is 583. The topological polar surface area (TPSA) is 107 Å². The Morgan fingerprint density at radius 2 is 1.74 bits per heavy atom. The second-order valence-corrected chi connectivity index (χ2v) is 7.32. The molecule has 0 saturated carbocycles. The van der Waals surface area contributed by atoms with Crippen molar-refractivity contribution in [2.45, 2.75) is 51.5 Å². The Morgan fingerprint density at radius 1 is 1.22 bits per heavy atom. The fraction of sp³-hybridized carbons (Fsp3) is 0.632. The summed E-state index contributed by atoms with van der Waals surface area (Å²) in [5.41, 5.74) is 1.38. The maximum Gasteiger partial charge on any atom is 0.351 e. The summed E-state index contributed by atoms with van der Waals surface area (Å²) in [7, 11) is 0. The number of quaternary nitrogens is 1. The molecule has 0 aliphatic carbocycles. The predicted octanol–water partition coefficient (Wildman–Crippen LogP) is -1.44. The highest BCUT2D eigenvalue weighted by Gasteiger charge is 2.33. The lowest BCUT2D eigenvalue weighted by molar-refractivity contribution is -0.940. The molecule has 2 unspecified atom stereocenters. The maximum absolute atomic E-state index is 9.04. The summed E-state index contributed by atoms with van der Waals surface area (Å²) >= 11 is 0. The van der Waals surface area contributed by atoms with Crippen LogP contribution < -0.4 is 10.0 Å². The first-order chi connectivity index (χ1) is 12.8. The van der Waals surface area contributed by atoms with Crippen LogP contribution in [0.25, 0.3) is 0 Å². The van der Waals surface area contributed by atoms with Gasteiger partial charge in [0, 0.05) is 44.9 Å². The van der Waals surface area contributed by atoms with Crippen LogP contribution in [0.15, 0.2) is 24.5 Å². The third-order valence-corrected chi connectivity index (χ3v) is 5.06. The minimum absolute atomic E-state index is 0.415. The van der Waals surface area contributed by atoms with Gasteiger partial charge in [0.05, 0.1) is 6.04 Å². The number of hydrogen-bond acceptors (Lipinski definition) is 6. The molecule has 0 spiro atoms. The number of pyridine rings is 1. The molecule has 0 amide bonds. The van der Waals surface area contributed by atoms with Crippen LogP contribution in [0.4, 0.5) is 0 Å². The molecule has 150 valence electrons. The van der Waals surface area contributed by atoms with E-state index in [1.807, 2.05) is 12.4 Å². The number of nitrogens with one attached hydrogen (secondary N) is 1. The number of carbonyl (C=O) groups is 2. The van der Waals surface area contributed by atoms with Crippen molar-refractivity contribution < 1.29 is 29.4 Å². The molecule has 3 rings (SSSR count). The molecule has 2 aliphatic heterocycles. The number of carboxylic acid groups (broad SMARTS) is 2. The first-order valence-electron chi connectivity index (χ1n) is 9.40. The minimum Gasteiger partial charge on any atom is -0.539 e. The first kappa shape index (κ1) is 21.3. The monoisotopic (exact) mass is 379 g/mol. The van der Waals surface area contributed by atoms with E-state index in [1.165, 1.54) is 44.6 Å². The largest absolute Gasteiger partial charge is 0.539 e. The van der Waals surface area contributed by atoms with Crippen molar-refractivity contribution in [2.24, 2.45) is 0 Å². The molecule has 2 saturated heterocycles. The molecule has 0 aromatic carbocycles. The van der Waals surface area contributed by atoms with Gasteiger partial charge in [0.25, 0.3) is 0 Å². The van der Waals surface area contributed by atoms with E-state index in [2.05, 4.69) is 35.9 Å². The summed E-state index contributed by atoms with van der Waals surface area (Å²) < 4.78 is 5.87. The quantitative estimate of drug-likeness (QED) is 0.619. The number of aromatic nitrogens is 1. The van der Waals surface area contributed by atoms with Gasteiger partial charge in [-0.15, -0.1) is 0 Å². The summed E-state index contributed by atoms with van der Waals surface area (Å²) in [4.78, 5) is 26.5. The first-order valence-corrected chi connectivity index (χ1v) is 9.40. The van der Waals surface area contributed by atoms with Crippen LogP contribution in [0.3, 0.4) is 0 Å². The van der Waals surface area contributed by atoms with Gasteiger partial charge in [-0.05, 0) is 31.5 Å². The smallest absolute Gasteiger partial charge is 0.351 e. The molecular formula is C19H29N3O5. The van der Waals surface area contributed by atoms with Crippen molar-refractivity contribution in [1.29, 1.82) is 0 Å². The molecule has 0 bridgehead atoms. The normalized spacial score (nSPS) is 26.7. The fourth-order valence-corrected chi connectivity index (χ4v) is 3.89. The van der Waals surface area contributed by atoms with Crippen LogP contribution >= 0.6 is 0 Å². The van der Waals surface area contributed by atoms with Crippen molar-refractivity contribution in [3.8, 4) is 0 Å². The van der Waals surface area contributed by atoms with Crippen LogP contribution in [0.2, 0.25) is 0 Å². The Hall–Kier alpha value is -2.03. The molecule has 3 heterocycles. The number of nitrogens with zero attached hydrogens (tertiary/aromatic N) is 2. The Kier molecular flexibility index (Phi) is 8.15. The van der Waals surface area contributed by atoms with Crippen molar-refractivity contribution >= 4 is 11.9 Å². The van der Waals surface area contributed by atoms with Gasteiger partial charge in [-0.3, -0.25) is 9.88 Å². The van der Waals surface area contributed by atoms with E-state index in [9.17, 15) is 0 Å². The zero-order chi connectivity index (χ0) is 19.8. The van der Waals surface area contributed by atoms with Crippen molar-refractivity contribution in [3.05, 3.63) is 30.1 Å². The van der Waals surface area contributed by atoms with E-state index < -0.39 is 11.9 Å². The van der Waals surface area contributed by atoms with E-state index in [4.69, 9.17) is 24.5 Å². The van der Waals surface area contributed by atoms with Gasteiger partial charge in [0.1, 0.15) is 25.3 Å². The molecule has 2 atom stereocenters. The average Bonchev–Trinajstić information content (AvgIpc) is 2.63. The highest BCUT2D eigenvalue weighted by Crippen LogP contribution is 2.13. The number of carbonyl (C=O) groups excluding carboxylic acids is 1. The summed E-state index contributed by atoms with van der Waals surface area (Å²) in [5, 5.41) is 16.3. The lowest BCUT2D eigenvalue weighted by Crippen LogP contribution is -3.19. The highest BCUT2D eigenvalue weighted by atomic mass is 16.5. The number of rotatable bonds is 3. The zero-order valence-corrected chi connectivity index (χ0v) is 16.0. The highest BCUT2D eigenvalue weighted by molar-refractivity contribution is 6.26. The number of likely N-dealkylation sites (tertiary alicyclic amines) is 1. The number of piperidine rings is 1. The van der Waals surface area contributed by atoms with Crippen LogP contribution in [0, 0.1) is 0 Å². The Labute approximate surface area is 159 Å². The van der Waals surface area contributed by atoms with Crippen LogP contribution in [-0.2, 0) is 20.9 Å². The van der Waals surface area contributed by atoms with Gasteiger partial charge in [-0.2, -0.15) is 0 Å². The third-order valence-electron chi connectivity index (χ3n) is 5.06. The molecule has 2 N–H and O–H groups in total. The van der Waals surface area contributed by atoms with Crippen molar-refractivity contribution in [3.63, 3.8) is 0 Å². The van der Waals surface area contributed by atoms with Crippen LogP contribution in [0.1, 0.15) is 32.3 Å². The Morgan fingerprint density at radius 3 is 2.22 bits per heavy atom. The van der Waals surface area contributed by atoms with E-state index in [-0.39, 0.29) is 0 Å². The molecule has 27 heavy (non-hydrogen) atoms. The van der Waals surface area contributed by atoms with Gasteiger partial charge in [0.2, 0.25) is 0 Å². The lowest BCUT2D eigenvalue weighted by Gasteiger charge is -2.41. The zero-order valence-electron chi connectivity index (χ0n) is 16.0. The van der Waals surface area contributed by atoms with Gasteiger partial charge in [-0.25, -0.2) is 4.79 Å². The number of hydrogen-bond donors (Lipinski definition) is 2. The second kappa shape index (κ2) is 10.3. The number of morpholine rings is 1. The predicted molar refractivity (Wildman–Crippen MR) is 95.9 cm³/mol. The molecule has 2 aliphatic rings. The van der Waals surface area contributed by atoms with Gasteiger partial charge in [0.15, 0.2) is 5.97 Å². The fourth-order valence-electron chi connectivity index (χ4n) is 3.89. The van der Waals surface area contributed by atoms with Gasteiger partial charge < -0.3 is 24.6 Å². The number of ether oxygens (including phenoxy) is 1. The van der Waals surface area contributed by atoms with Crippen LogP contribution in [-0.4, -0.2) is 71.4 Å². The van der Waals surface area contributed by atoms with E-state index in [0.29, 0.717) is 12.2 Å². The maximum atomic E-state index is 9.04. The molecule has 8 heteroatoms. The van der Waals surface area contributed by atoms with Gasteiger partial charge in [-0.1, -0.05) is 0 Å². The summed E-state index contributed by atoms with van der Waals surface area (Å²) in [6, 6.07) is 5.08. The standard InChI is InChI=1S/C17H27N3O.C2H2O4/c1-14-11-20(12-15(2)21-14)17-5-9-19(10-6-17)13-16-3-7-18-8-4-16;3-1(4)2(5)6/h3-4,7-8,14-15,17H,5-6,9-13H2,1-2H3;(H,3,4)(H,5,6). The van der Waals surface area contributed by atoms with Crippen LogP contribution in [0.5, 0.6) is 0 Å². The Balaban J connectivity index is 0.000000380.